The summed E-state index contributed by atoms with van der Waals surface area (Å²) in [5.41, 5.74) is -3.17. The van der Waals surface area contributed by atoms with Gasteiger partial charge in [-0.1, -0.05) is 0 Å². The van der Waals surface area contributed by atoms with Crippen molar-refractivity contribution in [1.82, 2.24) is 10.6 Å². The molecule has 2 amide bonds. The Morgan fingerprint density at radius 3 is 2.54 bits per heavy atom. The van der Waals surface area contributed by atoms with E-state index in [-0.39, 0.29) is 12.3 Å². The fourth-order valence-corrected chi connectivity index (χ4v) is 2.06. The zero-order chi connectivity index (χ0) is 17.8. The molecule has 0 aliphatic rings. The van der Waals surface area contributed by atoms with Gasteiger partial charge in [0.15, 0.2) is 0 Å². The molecule has 132 valence electrons. The van der Waals surface area contributed by atoms with E-state index in [4.69, 9.17) is 8.83 Å². The molecule has 2 aromatic rings. The third kappa shape index (κ3) is 4.10. The molecule has 0 aliphatic heterocycles. The van der Waals surface area contributed by atoms with Gasteiger partial charge in [0.05, 0.1) is 12.8 Å². The quantitative estimate of drug-likeness (QED) is 0.751. The van der Waals surface area contributed by atoms with E-state index in [1.54, 1.807) is 12.1 Å². The van der Waals surface area contributed by atoms with Crippen LogP contribution in [-0.4, -0.2) is 23.9 Å². The first kappa shape index (κ1) is 17.9. The lowest BCUT2D eigenvalue weighted by molar-refractivity contribution is -0.274. The first-order chi connectivity index (χ1) is 11.2. The second-order valence-corrected chi connectivity index (χ2v) is 5.21. The summed E-state index contributed by atoms with van der Waals surface area (Å²) in [6.07, 6.45) is -4.29. The Kier molecular flexibility index (Phi) is 5.23. The first-order valence-electron chi connectivity index (χ1n) is 7.12. The highest BCUT2D eigenvalue weighted by Gasteiger charge is 2.56. The average Bonchev–Trinajstić information content (AvgIpc) is 3.15. The molecule has 0 bridgehead atoms. The van der Waals surface area contributed by atoms with Gasteiger partial charge in [-0.25, -0.2) is 4.79 Å². The predicted molar refractivity (Wildman–Crippen MR) is 77.0 cm³/mol. The third-order valence-electron chi connectivity index (χ3n) is 3.39. The molecule has 2 aromatic heterocycles. The fourth-order valence-electron chi connectivity index (χ4n) is 2.06. The normalized spacial score (nSPS) is 14.2. The van der Waals surface area contributed by atoms with E-state index in [2.05, 4.69) is 10.6 Å². The molecule has 0 saturated heterocycles. The van der Waals surface area contributed by atoms with Crippen molar-refractivity contribution in [2.45, 2.75) is 31.7 Å². The van der Waals surface area contributed by atoms with Gasteiger partial charge in [-0.2, -0.15) is 13.2 Å². The summed E-state index contributed by atoms with van der Waals surface area (Å²) in [6, 6.07) is 5.01. The van der Waals surface area contributed by atoms with Gasteiger partial charge in [0.25, 0.3) is 0 Å². The van der Waals surface area contributed by atoms with Crippen LogP contribution in [0.25, 0.3) is 0 Å². The average molecular weight is 346 g/mol. The van der Waals surface area contributed by atoms with Crippen molar-refractivity contribution in [1.29, 1.82) is 0 Å². The Hall–Kier alpha value is -2.42. The summed E-state index contributed by atoms with van der Waals surface area (Å²) in [4.78, 5) is 11.6. The van der Waals surface area contributed by atoms with Crippen molar-refractivity contribution in [2.24, 2.45) is 0 Å². The minimum atomic E-state index is -4.94. The molecule has 0 fully saturated rings. The van der Waals surface area contributed by atoms with Crippen LogP contribution in [0.15, 0.2) is 39.4 Å². The molecule has 1 atom stereocenters. The minimum absolute atomic E-state index is 0.0970. The van der Waals surface area contributed by atoms with Gasteiger partial charge >= 0.3 is 12.2 Å². The maximum atomic E-state index is 13.2. The molecular formula is C15H17F3N2O4. The number of rotatable bonds is 6. The maximum absolute atomic E-state index is 13.2. The van der Waals surface area contributed by atoms with Crippen molar-refractivity contribution in [3.63, 3.8) is 0 Å². The number of urea groups is 1. The number of hydrogen-bond acceptors (Lipinski definition) is 4. The first-order valence-corrected chi connectivity index (χ1v) is 7.12. The van der Waals surface area contributed by atoms with E-state index in [0.29, 0.717) is 5.76 Å². The van der Waals surface area contributed by atoms with Crippen molar-refractivity contribution in [3.8, 4) is 0 Å². The Morgan fingerprint density at radius 2 is 2.00 bits per heavy atom. The van der Waals surface area contributed by atoms with Gasteiger partial charge in [-0.3, -0.25) is 0 Å². The molecule has 0 unspecified atom stereocenters. The van der Waals surface area contributed by atoms with Crippen LogP contribution < -0.4 is 10.6 Å². The summed E-state index contributed by atoms with van der Waals surface area (Å²) in [5.74, 6) is 0.144. The van der Waals surface area contributed by atoms with Crippen LogP contribution in [0.4, 0.5) is 18.0 Å². The van der Waals surface area contributed by atoms with E-state index in [0.717, 1.165) is 6.07 Å². The van der Waals surface area contributed by atoms with Crippen LogP contribution >= 0.6 is 0 Å². The second kappa shape index (κ2) is 7.00. The summed E-state index contributed by atoms with van der Waals surface area (Å²) in [7, 11) is 0. The molecule has 0 aliphatic carbocycles. The number of furan rings is 2. The lowest BCUT2D eigenvalue weighted by Crippen LogP contribution is -2.45. The number of carbonyl (C=O) groups is 1. The van der Waals surface area contributed by atoms with Crippen LogP contribution in [0, 0.1) is 6.92 Å². The zero-order valence-corrected chi connectivity index (χ0v) is 12.8. The van der Waals surface area contributed by atoms with Gasteiger partial charge in [-0.15, -0.1) is 0 Å². The highest BCUT2D eigenvalue weighted by molar-refractivity contribution is 5.73. The second-order valence-electron chi connectivity index (χ2n) is 5.21. The summed E-state index contributed by atoms with van der Waals surface area (Å²) in [6.45, 7) is 1.17. The van der Waals surface area contributed by atoms with Gasteiger partial charge in [0.2, 0.25) is 5.60 Å². The molecule has 0 radical (unpaired) electrons. The number of aryl methyl sites for hydroxylation is 1. The summed E-state index contributed by atoms with van der Waals surface area (Å²) >= 11 is 0. The van der Waals surface area contributed by atoms with E-state index in [1.807, 2.05) is 0 Å². The largest absolute Gasteiger partial charge is 0.467 e. The van der Waals surface area contributed by atoms with Crippen LogP contribution in [-0.2, 0) is 12.1 Å². The number of carbonyl (C=O) groups excluding carboxylic acids is 1. The molecule has 0 spiro atoms. The lowest BCUT2D eigenvalue weighted by Gasteiger charge is -2.28. The fraction of sp³-hybridized carbons (Fsp3) is 0.400. The van der Waals surface area contributed by atoms with Gasteiger partial charge in [-0.05, 0) is 31.2 Å². The molecule has 2 rings (SSSR count). The van der Waals surface area contributed by atoms with Crippen molar-refractivity contribution >= 4 is 6.03 Å². The highest BCUT2D eigenvalue weighted by Crippen LogP contribution is 2.41. The molecule has 9 heteroatoms. The van der Waals surface area contributed by atoms with Crippen molar-refractivity contribution < 1.29 is 31.9 Å². The third-order valence-corrected chi connectivity index (χ3v) is 3.39. The van der Waals surface area contributed by atoms with Crippen LogP contribution in [0.1, 0.15) is 23.7 Å². The maximum Gasteiger partial charge on any atom is 0.424 e. The van der Waals surface area contributed by atoms with Gasteiger partial charge in [0, 0.05) is 13.0 Å². The van der Waals surface area contributed by atoms with Gasteiger partial charge < -0.3 is 24.6 Å². The Morgan fingerprint density at radius 1 is 1.25 bits per heavy atom. The Balaban J connectivity index is 1.90. The van der Waals surface area contributed by atoms with Crippen LogP contribution in [0.2, 0.25) is 0 Å². The smallest absolute Gasteiger partial charge is 0.424 e. The molecule has 24 heavy (non-hydrogen) atoms. The highest BCUT2D eigenvalue weighted by atomic mass is 19.4. The Labute approximate surface area is 135 Å². The lowest BCUT2D eigenvalue weighted by atomic mass is 9.96. The van der Waals surface area contributed by atoms with Crippen LogP contribution in [0.3, 0.4) is 0 Å². The number of hydrogen-bond donors (Lipinski definition) is 3. The van der Waals surface area contributed by atoms with Crippen molar-refractivity contribution in [3.05, 3.63) is 47.8 Å². The minimum Gasteiger partial charge on any atom is -0.467 e. The van der Waals surface area contributed by atoms with Crippen molar-refractivity contribution in [2.75, 3.05) is 6.54 Å². The number of nitrogens with one attached hydrogen (secondary N) is 2. The summed E-state index contributed by atoms with van der Waals surface area (Å²) in [5, 5.41) is 14.7. The number of halogens is 3. The molecule has 0 saturated carbocycles. The topological polar surface area (TPSA) is 87.6 Å². The van der Waals surface area contributed by atoms with Gasteiger partial charge in [0.1, 0.15) is 17.3 Å². The number of aliphatic hydroxyl groups is 1. The zero-order valence-electron chi connectivity index (χ0n) is 12.8. The standard InChI is InChI=1S/C15H17F3N2O4/c1-10-4-5-12(24-10)14(22,15(16,17)18)6-7-19-13(21)20-9-11-3-2-8-23-11/h2-5,8,22H,6-7,9H2,1H3,(H2,19,20,21)/t14-/m1/s1. The Bertz CT molecular complexity index is 667. The molecule has 6 nitrogen and oxygen atoms in total. The van der Waals surface area contributed by atoms with E-state index in [1.165, 1.54) is 19.3 Å². The van der Waals surface area contributed by atoms with E-state index < -0.39 is 36.5 Å². The predicted octanol–water partition coefficient (Wildman–Crippen LogP) is 2.82. The summed E-state index contributed by atoms with van der Waals surface area (Å²) < 4.78 is 49.5. The van der Waals surface area contributed by atoms with E-state index in [9.17, 15) is 23.1 Å². The van der Waals surface area contributed by atoms with Crippen LogP contribution in [0.5, 0.6) is 0 Å². The molecule has 0 aromatic carbocycles. The number of amides is 2. The SMILES string of the molecule is Cc1ccc([C@](O)(CCNC(=O)NCc2ccco2)C(F)(F)F)o1. The van der Waals surface area contributed by atoms with E-state index >= 15 is 0 Å². The number of alkyl halides is 3. The molecular weight excluding hydrogens is 329 g/mol. The monoisotopic (exact) mass is 346 g/mol. The molecule has 2 heterocycles. The molecule has 3 N–H and O–H groups in total.